The van der Waals surface area contributed by atoms with E-state index in [1.165, 1.54) is 0 Å². The predicted molar refractivity (Wildman–Crippen MR) is 73.5 cm³/mol. The molecule has 0 aliphatic rings. The van der Waals surface area contributed by atoms with Gasteiger partial charge in [-0.15, -0.1) is 0 Å². The zero-order chi connectivity index (χ0) is 12.9. The zero-order valence-corrected chi connectivity index (χ0v) is 10.3. The minimum atomic E-state index is 0.591. The summed E-state index contributed by atoms with van der Waals surface area (Å²) in [4.78, 5) is 4.19. The third kappa shape index (κ3) is 2.80. The molecule has 0 radical (unpaired) electrons. The number of pyridine rings is 1. The number of nitrogens with one attached hydrogen (secondary N) is 1. The molecule has 0 amide bonds. The first-order chi connectivity index (χ1) is 9.42. The Morgan fingerprint density at radius 3 is 2.63 bits per heavy atom. The van der Waals surface area contributed by atoms with Crippen LogP contribution in [0, 0.1) is 0 Å². The van der Waals surface area contributed by atoms with Crippen LogP contribution in [0.1, 0.15) is 5.69 Å². The molecule has 1 N–H and O–H groups in total. The summed E-state index contributed by atoms with van der Waals surface area (Å²) in [5.41, 5.74) is 1.88. The molecule has 0 saturated carbocycles. The first kappa shape index (κ1) is 11.5. The van der Waals surface area contributed by atoms with E-state index in [1.807, 2.05) is 54.6 Å². The smallest absolute Gasteiger partial charge is 0.167 e. The molecular formula is C15H13N3O. The summed E-state index contributed by atoms with van der Waals surface area (Å²) in [5, 5.41) is 7.23. The Kier molecular flexibility index (Phi) is 3.23. The quantitative estimate of drug-likeness (QED) is 0.772. The van der Waals surface area contributed by atoms with Gasteiger partial charge >= 0.3 is 0 Å². The van der Waals surface area contributed by atoms with Crippen LogP contribution in [0.5, 0.6) is 0 Å². The van der Waals surface area contributed by atoms with Gasteiger partial charge in [0.25, 0.3) is 0 Å². The lowest BCUT2D eigenvalue weighted by Crippen LogP contribution is -2.00. The second kappa shape index (κ2) is 5.35. The number of hydrogen-bond acceptors (Lipinski definition) is 4. The predicted octanol–water partition coefficient (Wildman–Crippen LogP) is 3.35. The average Bonchev–Trinajstić information content (AvgIpc) is 2.96. The van der Waals surface area contributed by atoms with Crippen LogP contribution in [0.15, 0.2) is 65.3 Å². The maximum absolute atomic E-state index is 5.33. The number of rotatable bonds is 4. The van der Waals surface area contributed by atoms with Crippen LogP contribution in [0.2, 0.25) is 0 Å². The Morgan fingerprint density at radius 2 is 1.84 bits per heavy atom. The molecule has 3 rings (SSSR count). The molecule has 0 fully saturated rings. The van der Waals surface area contributed by atoms with Gasteiger partial charge in [-0.05, 0) is 12.1 Å². The van der Waals surface area contributed by atoms with E-state index in [0.717, 1.165) is 22.8 Å². The van der Waals surface area contributed by atoms with Crippen molar-refractivity contribution < 1.29 is 4.52 Å². The van der Waals surface area contributed by atoms with E-state index in [0.29, 0.717) is 6.54 Å². The minimum absolute atomic E-state index is 0.591. The van der Waals surface area contributed by atoms with Gasteiger partial charge in [-0.3, -0.25) is 0 Å². The summed E-state index contributed by atoms with van der Waals surface area (Å²) >= 11 is 0. The molecule has 0 bridgehead atoms. The number of aromatic nitrogens is 2. The maximum Gasteiger partial charge on any atom is 0.167 e. The third-order valence-corrected chi connectivity index (χ3v) is 2.73. The van der Waals surface area contributed by atoms with Gasteiger partial charge in [0.2, 0.25) is 0 Å². The number of anilines is 1. The number of nitrogens with zero attached hydrogens (tertiary/aromatic N) is 2. The summed E-state index contributed by atoms with van der Waals surface area (Å²) in [6.45, 7) is 0.591. The van der Waals surface area contributed by atoms with Crippen molar-refractivity contribution in [2.24, 2.45) is 0 Å². The van der Waals surface area contributed by atoms with E-state index in [4.69, 9.17) is 4.52 Å². The van der Waals surface area contributed by atoms with Crippen LogP contribution in [0.3, 0.4) is 0 Å². The summed E-state index contributed by atoms with van der Waals surface area (Å²) < 4.78 is 5.33. The first-order valence-corrected chi connectivity index (χ1v) is 6.08. The lowest BCUT2D eigenvalue weighted by Gasteiger charge is -2.00. The fourth-order valence-corrected chi connectivity index (χ4v) is 1.78. The Balaban J connectivity index is 1.69. The molecule has 0 aliphatic carbocycles. The minimum Gasteiger partial charge on any atom is -0.364 e. The molecule has 0 spiro atoms. The Morgan fingerprint density at radius 1 is 1.00 bits per heavy atom. The molecule has 0 unspecified atom stereocenters. The SMILES string of the molecule is c1ccc(-c2cc(CNc3ccccn3)no2)cc1. The summed E-state index contributed by atoms with van der Waals surface area (Å²) in [7, 11) is 0. The van der Waals surface area contributed by atoms with Crippen molar-refractivity contribution >= 4 is 5.82 Å². The molecule has 2 heterocycles. The second-order valence-electron chi connectivity index (χ2n) is 4.12. The summed E-state index contributed by atoms with van der Waals surface area (Å²) in [6, 6.07) is 17.6. The highest BCUT2D eigenvalue weighted by atomic mass is 16.5. The molecule has 19 heavy (non-hydrogen) atoms. The lowest BCUT2D eigenvalue weighted by molar-refractivity contribution is 0.424. The van der Waals surface area contributed by atoms with Crippen molar-refractivity contribution in [3.05, 3.63) is 66.5 Å². The monoisotopic (exact) mass is 251 g/mol. The van der Waals surface area contributed by atoms with Gasteiger partial charge in [0.1, 0.15) is 11.5 Å². The molecule has 0 atom stereocenters. The van der Waals surface area contributed by atoms with Gasteiger partial charge in [0.15, 0.2) is 5.76 Å². The van der Waals surface area contributed by atoms with E-state index in [-0.39, 0.29) is 0 Å². The van der Waals surface area contributed by atoms with Crippen LogP contribution in [-0.2, 0) is 6.54 Å². The van der Waals surface area contributed by atoms with E-state index in [9.17, 15) is 0 Å². The molecule has 1 aromatic carbocycles. The van der Waals surface area contributed by atoms with Crippen molar-refractivity contribution in [2.45, 2.75) is 6.54 Å². The molecule has 0 aliphatic heterocycles. The zero-order valence-electron chi connectivity index (χ0n) is 10.3. The van der Waals surface area contributed by atoms with Crippen LogP contribution in [-0.4, -0.2) is 10.1 Å². The highest BCUT2D eigenvalue weighted by Gasteiger charge is 2.05. The van der Waals surface area contributed by atoms with Crippen LogP contribution < -0.4 is 5.32 Å². The topological polar surface area (TPSA) is 51.0 Å². The van der Waals surface area contributed by atoms with Crippen molar-refractivity contribution in [2.75, 3.05) is 5.32 Å². The molecule has 3 aromatic rings. The molecule has 4 nitrogen and oxygen atoms in total. The largest absolute Gasteiger partial charge is 0.364 e. The fourth-order valence-electron chi connectivity index (χ4n) is 1.78. The molecular weight excluding hydrogens is 238 g/mol. The second-order valence-corrected chi connectivity index (χ2v) is 4.12. The highest BCUT2D eigenvalue weighted by Crippen LogP contribution is 2.19. The normalized spacial score (nSPS) is 10.3. The maximum atomic E-state index is 5.33. The van der Waals surface area contributed by atoms with Gasteiger partial charge in [0, 0.05) is 17.8 Å². The van der Waals surface area contributed by atoms with Crippen molar-refractivity contribution in [3.8, 4) is 11.3 Å². The van der Waals surface area contributed by atoms with Crippen molar-refractivity contribution in [1.82, 2.24) is 10.1 Å². The van der Waals surface area contributed by atoms with E-state index < -0.39 is 0 Å². The third-order valence-electron chi connectivity index (χ3n) is 2.73. The standard InChI is InChI=1S/C15H13N3O/c1-2-6-12(7-3-1)14-10-13(18-19-14)11-17-15-8-4-5-9-16-15/h1-10H,11H2,(H,16,17). The Hall–Kier alpha value is -2.62. The van der Waals surface area contributed by atoms with Gasteiger partial charge in [-0.2, -0.15) is 0 Å². The molecule has 4 heteroatoms. The Bertz CT molecular complexity index is 635. The fraction of sp³-hybridized carbons (Fsp3) is 0.0667. The van der Waals surface area contributed by atoms with Crippen molar-refractivity contribution in [1.29, 1.82) is 0 Å². The highest BCUT2D eigenvalue weighted by molar-refractivity contribution is 5.57. The first-order valence-electron chi connectivity index (χ1n) is 6.08. The lowest BCUT2D eigenvalue weighted by atomic mass is 10.2. The van der Waals surface area contributed by atoms with Crippen molar-refractivity contribution in [3.63, 3.8) is 0 Å². The van der Waals surface area contributed by atoms with Crippen LogP contribution in [0.25, 0.3) is 11.3 Å². The van der Waals surface area contributed by atoms with Gasteiger partial charge in [-0.1, -0.05) is 41.6 Å². The summed E-state index contributed by atoms with van der Waals surface area (Å²) in [6.07, 6.45) is 1.75. The van der Waals surface area contributed by atoms with Crippen LogP contribution >= 0.6 is 0 Å². The van der Waals surface area contributed by atoms with Gasteiger partial charge in [0.05, 0.1) is 6.54 Å². The number of benzene rings is 1. The molecule has 94 valence electrons. The summed E-state index contributed by atoms with van der Waals surface area (Å²) in [5.74, 6) is 1.60. The van der Waals surface area contributed by atoms with E-state index >= 15 is 0 Å². The van der Waals surface area contributed by atoms with Gasteiger partial charge < -0.3 is 9.84 Å². The van der Waals surface area contributed by atoms with Gasteiger partial charge in [-0.25, -0.2) is 4.98 Å². The van der Waals surface area contributed by atoms with Crippen LogP contribution in [0.4, 0.5) is 5.82 Å². The van der Waals surface area contributed by atoms with E-state index in [2.05, 4.69) is 15.5 Å². The average molecular weight is 251 g/mol. The number of hydrogen-bond donors (Lipinski definition) is 1. The molecule has 0 saturated heterocycles. The van der Waals surface area contributed by atoms with E-state index in [1.54, 1.807) is 6.20 Å². The molecule has 2 aromatic heterocycles. The Labute approximate surface area is 111 Å².